The standard InChI is InChI=1S/C16H15NO2/c18-16-10-9-13-14(17-16)7-4-8-15(13)19-11-12-5-2-1-3-6-12/h1-8H,9-11H2,(H,17,18). The second-order valence-electron chi connectivity index (χ2n) is 4.60. The molecular weight excluding hydrogens is 238 g/mol. The van der Waals surface area contributed by atoms with Gasteiger partial charge in [0.2, 0.25) is 5.91 Å². The molecule has 0 atom stereocenters. The van der Waals surface area contributed by atoms with Gasteiger partial charge in [0.25, 0.3) is 0 Å². The second-order valence-corrected chi connectivity index (χ2v) is 4.60. The summed E-state index contributed by atoms with van der Waals surface area (Å²) in [5.41, 5.74) is 3.11. The van der Waals surface area contributed by atoms with Crippen molar-refractivity contribution >= 4 is 11.6 Å². The first-order valence-electron chi connectivity index (χ1n) is 6.41. The molecule has 1 aliphatic heterocycles. The third-order valence-corrected chi connectivity index (χ3v) is 3.25. The molecule has 2 aromatic carbocycles. The van der Waals surface area contributed by atoms with Gasteiger partial charge in [0, 0.05) is 17.7 Å². The van der Waals surface area contributed by atoms with Gasteiger partial charge in [-0.15, -0.1) is 0 Å². The third kappa shape index (κ3) is 2.60. The van der Waals surface area contributed by atoms with E-state index < -0.39 is 0 Å². The Balaban J connectivity index is 1.78. The number of anilines is 1. The molecule has 0 unspecified atom stereocenters. The number of amides is 1. The fourth-order valence-corrected chi connectivity index (χ4v) is 2.26. The zero-order valence-electron chi connectivity index (χ0n) is 10.6. The molecule has 0 radical (unpaired) electrons. The monoisotopic (exact) mass is 253 g/mol. The van der Waals surface area contributed by atoms with Gasteiger partial charge in [-0.3, -0.25) is 4.79 Å². The van der Waals surface area contributed by atoms with Crippen molar-refractivity contribution in [3.63, 3.8) is 0 Å². The number of fused-ring (bicyclic) bond motifs is 1. The summed E-state index contributed by atoms with van der Waals surface area (Å²) in [6.07, 6.45) is 1.27. The van der Waals surface area contributed by atoms with Gasteiger partial charge < -0.3 is 10.1 Å². The lowest BCUT2D eigenvalue weighted by Crippen LogP contribution is -2.19. The number of benzene rings is 2. The van der Waals surface area contributed by atoms with Gasteiger partial charge in [-0.1, -0.05) is 36.4 Å². The van der Waals surface area contributed by atoms with E-state index in [9.17, 15) is 4.79 Å². The van der Waals surface area contributed by atoms with Crippen LogP contribution in [-0.4, -0.2) is 5.91 Å². The van der Waals surface area contributed by atoms with Crippen LogP contribution in [-0.2, 0) is 17.8 Å². The smallest absolute Gasteiger partial charge is 0.224 e. The molecule has 3 heteroatoms. The van der Waals surface area contributed by atoms with E-state index in [0.717, 1.165) is 29.0 Å². The lowest BCUT2D eigenvalue weighted by atomic mass is 10.0. The molecular formula is C16H15NO2. The molecule has 3 nitrogen and oxygen atoms in total. The zero-order valence-corrected chi connectivity index (χ0v) is 10.6. The van der Waals surface area contributed by atoms with Crippen LogP contribution in [0.25, 0.3) is 0 Å². The predicted molar refractivity (Wildman–Crippen MR) is 74.2 cm³/mol. The van der Waals surface area contributed by atoms with Gasteiger partial charge >= 0.3 is 0 Å². The number of hydrogen-bond acceptors (Lipinski definition) is 2. The quantitative estimate of drug-likeness (QED) is 0.912. The Morgan fingerprint density at radius 3 is 2.68 bits per heavy atom. The van der Waals surface area contributed by atoms with E-state index in [0.29, 0.717) is 13.0 Å². The number of rotatable bonds is 3. The minimum Gasteiger partial charge on any atom is -0.489 e. The van der Waals surface area contributed by atoms with E-state index in [4.69, 9.17) is 4.74 Å². The van der Waals surface area contributed by atoms with Crippen molar-refractivity contribution in [1.29, 1.82) is 0 Å². The van der Waals surface area contributed by atoms with Gasteiger partial charge in [0.1, 0.15) is 12.4 Å². The number of nitrogens with one attached hydrogen (secondary N) is 1. The van der Waals surface area contributed by atoms with Crippen LogP contribution >= 0.6 is 0 Å². The maximum atomic E-state index is 11.4. The lowest BCUT2D eigenvalue weighted by Gasteiger charge is -2.20. The minimum atomic E-state index is 0.0766. The summed E-state index contributed by atoms with van der Waals surface area (Å²) in [6.45, 7) is 0.547. The van der Waals surface area contributed by atoms with Gasteiger partial charge in [0.05, 0.1) is 0 Å². The van der Waals surface area contributed by atoms with Gasteiger partial charge in [-0.2, -0.15) is 0 Å². The van der Waals surface area contributed by atoms with Crippen molar-refractivity contribution in [1.82, 2.24) is 0 Å². The van der Waals surface area contributed by atoms with E-state index in [1.54, 1.807) is 0 Å². The summed E-state index contributed by atoms with van der Waals surface area (Å²) in [5, 5.41) is 2.88. The van der Waals surface area contributed by atoms with Crippen LogP contribution in [0.15, 0.2) is 48.5 Å². The Labute approximate surface area is 112 Å². The van der Waals surface area contributed by atoms with Crippen molar-refractivity contribution in [2.75, 3.05) is 5.32 Å². The maximum absolute atomic E-state index is 11.4. The molecule has 1 heterocycles. The third-order valence-electron chi connectivity index (χ3n) is 3.25. The first kappa shape index (κ1) is 11.8. The fraction of sp³-hybridized carbons (Fsp3) is 0.188. The lowest BCUT2D eigenvalue weighted by molar-refractivity contribution is -0.116. The van der Waals surface area contributed by atoms with Crippen molar-refractivity contribution in [3.8, 4) is 5.75 Å². The van der Waals surface area contributed by atoms with E-state index in [-0.39, 0.29) is 5.91 Å². The summed E-state index contributed by atoms with van der Waals surface area (Å²) >= 11 is 0. The molecule has 0 spiro atoms. The minimum absolute atomic E-state index is 0.0766. The highest BCUT2D eigenvalue weighted by Gasteiger charge is 2.18. The molecule has 1 N–H and O–H groups in total. The Morgan fingerprint density at radius 2 is 1.84 bits per heavy atom. The van der Waals surface area contributed by atoms with Crippen molar-refractivity contribution in [2.45, 2.75) is 19.4 Å². The summed E-state index contributed by atoms with van der Waals surface area (Å²) in [4.78, 5) is 11.4. The first-order valence-corrected chi connectivity index (χ1v) is 6.41. The summed E-state index contributed by atoms with van der Waals surface area (Å²) in [5.74, 6) is 0.939. The Kier molecular flexibility index (Phi) is 3.19. The largest absolute Gasteiger partial charge is 0.489 e. The fourth-order valence-electron chi connectivity index (χ4n) is 2.26. The van der Waals surface area contributed by atoms with Gasteiger partial charge in [0.15, 0.2) is 0 Å². The van der Waals surface area contributed by atoms with Crippen molar-refractivity contribution in [3.05, 3.63) is 59.7 Å². The van der Waals surface area contributed by atoms with Crippen LogP contribution in [0.5, 0.6) is 5.75 Å². The Hall–Kier alpha value is -2.29. The van der Waals surface area contributed by atoms with Gasteiger partial charge in [-0.05, 0) is 24.1 Å². The van der Waals surface area contributed by atoms with E-state index in [1.165, 1.54) is 0 Å². The highest BCUT2D eigenvalue weighted by atomic mass is 16.5. The molecule has 0 bridgehead atoms. The van der Waals surface area contributed by atoms with Crippen LogP contribution in [0.2, 0.25) is 0 Å². The van der Waals surface area contributed by atoms with Crippen LogP contribution in [0.4, 0.5) is 5.69 Å². The zero-order chi connectivity index (χ0) is 13.1. The van der Waals surface area contributed by atoms with Crippen molar-refractivity contribution in [2.24, 2.45) is 0 Å². The van der Waals surface area contributed by atoms with Crippen molar-refractivity contribution < 1.29 is 9.53 Å². The topological polar surface area (TPSA) is 38.3 Å². The molecule has 96 valence electrons. The number of carbonyl (C=O) groups excluding carboxylic acids is 1. The predicted octanol–water partition coefficient (Wildman–Crippen LogP) is 3.15. The van der Waals surface area contributed by atoms with Crippen LogP contribution < -0.4 is 10.1 Å². The molecule has 2 aromatic rings. The normalized spacial score (nSPS) is 13.6. The second kappa shape index (κ2) is 5.14. The molecule has 0 fully saturated rings. The summed E-state index contributed by atoms with van der Waals surface area (Å²) in [6, 6.07) is 15.8. The SMILES string of the molecule is O=C1CCc2c(cccc2OCc2ccccc2)N1. The average molecular weight is 253 g/mol. The summed E-state index contributed by atoms with van der Waals surface area (Å²) < 4.78 is 5.87. The highest BCUT2D eigenvalue weighted by Crippen LogP contribution is 2.31. The molecule has 19 heavy (non-hydrogen) atoms. The number of ether oxygens (including phenoxy) is 1. The molecule has 1 amide bonds. The molecule has 3 rings (SSSR count). The molecule has 0 aromatic heterocycles. The van der Waals surface area contributed by atoms with E-state index >= 15 is 0 Å². The van der Waals surface area contributed by atoms with Gasteiger partial charge in [-0.25, -0.2) is 0 Å². The molecule has 0 aliphatic carbocycles. The maximum Gasteiger partial charge on any atom is 0.224 e. The Bertz CT molecular complexity index is 593. The van der Waals surface area contributed by atoms with E-state index in [1.807, 2.05) is 48.5 Å². The highest BCUT2D eigenvalue weighted by molar-refractivity contribution is 5.94. The average Bonchev–Trinajstić information content (AvgIpc) is 2.45. The van der Waals surface area contributed by atoms with Crippen LogP contribution in [0, 0.1) is 0 Å². The van der Waals surface area contributed by atoms with E-state index in [2.05, 4.69) is 5.32 Å². The molecule has 0 saturated heterocycles. The molecule has 1 aliphatic rings. The summed E-state index contributed by atoms with van der Waals surface area (Å²) in [7, 11) is 0. The number of hydrogen-bond donors (Lipinski definition) is 1. The Morgan fingerprint density at radius 1 is 1.00 bits per heavy atom. The van der Waals surface area contributed by atoms with Crippen LogP contribution in [0.3, 0.4) is 0 Å². The first-order chi connectivity index (χ1) is 9.33. The van der Waals surface area contributed by atoms with Crippen LogP contribution in [0.1, 0.15) is 17.5 Å². The molecule has 0 saturated carbocycles. The number of carbonyl (C=O) groups is 1.